The lowest BCUT2D eigenvalue weighted by molar-refractivity contribution is -0.131. The molecule has 0 unspecified atom stereocenters. The van der Waals surface area contributed by atoms with Gasteiger partial charge in [0, 0.05) is 6.08 Å². The van der Waals surface area contributed by atoms with Crippen molar-refractivity contribution in [3.8, 4) is 0 Å². The van der Waals surface area contributed by atoms with E-state index in [4.69, 9.17) is 5.11 Å². The molecule has 1 saturated carbocycles. The maximum Gasteiger partial charge on any atom is 0.328 e. The Morgan fingerprint density at radius 1 is 1.39 bits per heavy atom. The number of rotatable bonds is 5. The quantitative estimate of drug-likeness (QED) is 0.451. The van der Waals surface area contributed by atoms with Crippen molar-refractivity contribution in [2.45, 2.75) is 66.2 Å². The molecule has 4 atom stereocenters. The molecule has 1 fully saturated rings. The first-order valence-corrected chi connectivity index (χ1v) is 8.80. The SMILES string of the molecule is CC1=CCC[C@@H]2[C@@](C)(CCC(C=O)=CC(=O)O)[C@H](C)CC[C@@]12C. The number of aldehydes is 1. The van der Waals surface area contributed by atoms with Gasteiger partial charge >= 0.3 is 5.97 Å². The minimum absolute atomic E-state index is 0.156. The summed E-state index contributed by atoms with van der Waals surface area (Å²) >= 11 is 0. The van der Waals surface area contributed by atoms with Crippen LogP contribution in [-0.4, -0.2) is 17.4 Å². The molecule has 2 aliphatic rings. The fraction of sp³-hybridized carbons (Fsp3) is 0.700. The van der Waals surface area contributed by atoms with Crippen LogP contribution in [0.4, 0.5) is 0 Å². The molecule has 3 heteroatoms. The van der Waals surface area contributed by atoms with Gasteiger partial charge in [-0.3, -0.25) is 4.79 Å². The standard InChI is InChI=1S/C20H30O3/c1-14-6-5-7-17-19(14,3)10-8-15(2)20(17,4)11-9-16(13-21)12-18(22)23/h6,12-13,15,17H,5,7-11H2,1-4H3,(H,22,23)/t15-,17+,19+,20+/m1/s1. The third-order valence-electron chi connectivity index (χ3n) is 7.01. The van der Waals surface area contributed by atoms with E-state index in [1.165, 1.54) is 24.8 Å². The number of carbonyl (C=O) groups is 2. The highest BCUT2D eigenvalue weighted by Crippen LogP contribution is 2.61. The molecule has 1 N–H and O–H groups in total. The molecule has 0 aromatic heterocycles. The molecule has 0 spiro atoms. The molecule has 2 aliphatic carbocycles. The number of fused-ring (bicyclic) bond motifs is 1. The highest BCUT2D eigenvalue weighted by Gasteiger charge is 2.52. The van der Waals surface area contributed by atoms with Crippen molar-refractivity contribution in [3.05, 3.63) is 23.3 Å². The molecule has 0 radical (unpaired) electrons. The summed E-state index contributed by atoms with van der Waals surface area (Å²) in [7, 11) is 0. The smallest absolute Gasteiger partial charge is 0.328 e. The van der Waals surface area contributed by atoms with Gasteiger partial charge < -0.3 is 5.11 Å². The summed E-state index contributed by atoms with van der Waals surface area (Å²) in [4.78, 5) is 22.0. The molecule has 2 rings (SSSR count). The minimum Gasteiger partial charge on any atom is -0.478 e. The highest BCUT2D eigenvalue weighted by atomic mass is 16.4. The first-order valence-electron chi connectivity index (χ1n) is 8.80. The van der Waals surface area contributed by atoms with E-state index in [9.17, 15) is 9.59 Å². The number of carbonyl (C=O) groups excluding carboxylic acids is 1. The second-order valence-corrected chi connectivity index (χ2v) is 8.06. The summed E-state index contributed by atoms with van der Waals surface area (Å²) in [6.07, 6.45) is 10.4. The Bertz CT molecular complexity index is 545. The lowest BCUT2D eigenvalue weighted by Crippen LogP contribution is -2.49. The second kappa shape index (κ2) is 6.62. The summed E-state index contributed by atoms with van der Waals surface area (Å²) in [6.45, 7) is 9.36. The van der Waals surface area contributed by atoms with Gasteiger partial charge in [-0.2, -0.15) is 0 Å². The summed E-state index contributed by atoms with van der Waals surface area (Å²) in [6, 6.07) is 0. The van der Waals surface area contributed by atoms with Gasteiger partial charge in [0.2, 0.25) is 0 Å². The van der Waals surface area contributed by atoms with E-state index in [1.807, 2.05) is 0 Å². The lowest BCUT2D eigenvalue weighted by atomic mass is 9.47. The van der Waals surface area contributed by atoms with Crippen LogP contribution in [0.5, 0.6) is 0 Å². The van der Waals surface area contributed by atoms with Crippen LogP contribution in [0.1, 0.15) is 66.2 Å². The fourth-order valence-electron chi connectivity index (χ4n) is 5.07. The highest BCUT2D eigenvalue weighted by molar-refractivity contribution is 5.88. The van der Waals surface area contributed by atoms with Gasteiger partial charge in [-0.1, -0.05) is 32.4 Å². The van der Waals surface area contributed by atoms with E-state index in [2.05, 4.69) is 33.8 Å². The molecule has 23 heavy (non-hydrogen) atoms. The largest absolute Gasteiger partial charge is 0.478 e. The van der Waals surface area contributed by atoms with Crippen LogP contribution < -0.4 is 0 Å². The van der Waals surface area contributed by atoms with Crippen molar-refractivity contribution in [2.24, 2.45) is 22.7 Å². The molecule has 0 heterocycles. The zero-order valence-electron chi connectivity index (χ0n) is 14.9. The Morgan fingerprint density at radius 3 is 2.70 bits per heavy atom. The van der Waals surface area contributed by atoms with Crippen molar-refractivity contribution in [1.29, 1.82) is 0 Å². The van der Waals surface area contributed by atoms with Crippen molar-refractivity contribution in [1.82, 2.24) is 0 Å². The van der Waals surface area contributed by atoms with Crippen LogP contribution in [-0.2, 0) is 9.59 Å². The first-order chi connectivity index (χ1) is 10.7. The Morgan fingerprint density at radius 2 is 2.09 bits per heavy atom. The van der Waals surface area contributed by atoms with E-state index < -0.39 is 5.97 Å². The number of allylic oxidation sites excluding steroid dienone is 3. The Balaban J connectivity index is 2.25. The van der Waals surface area contributed by atoms with E-state index >= 15 is 0 Å². The summed E-state index contributed by atoms with van der Waals surface area (Å²) < 4.78 is 0. The number of carboxylic acid groups (broad SMARTS) is 1. The molecule has 3 nitrogen and oxygen atoms in total. The summed E-state index contributed by atoms with van der Waals surface area (Å²) in [5, 5.41) is 8.89. The van der Waals surface area contributed by atoms with Crippen LogP contribution in [0.3, 0.4) is 0 Å². The van der Waals surface area contributed by atoms with Gasteiger partial charge in [-0.25, -0.2) is 4.79 Å². The number of aliphatic carboxylic acids is 1. The normalized spacial score (nSPS) is 37.7. The average Bonchev–Trinajstić information content (AvgIpc) is 2.50. The molecule has 128 valence electrons. The number of hydrogen-bond donors (Lipinski definition) is 1. The summed E-state index contributed by atoms with van der Waals surface area (Å²) in [5.41, 5.74) is 2.34. The van der Waals surface area contributed by atoms with Gasteiger partial charge in [0.05, 0.1) is 0 Å². The van der Waals surface area contributed by atoms with Gasteiger partial charge in [0.1, 0.15) is 6.29 Å². The Labute approximate surface area is 139 Å². The lowest BCUT2D eigenvalue weighted by Gasteiger charge is -2.58. The van der Waals surface area contributed by atoms with E-state index in [-0.39, 0.29) is 10.8 Å². The zero-order chi connectivity index (χ0) is 17.3. The second-order valence-electron chi connectivity index (χ2n) is 8.06. The van der Waals surface area contributed by atoms with E-state index in [1.54, 1.807) is 0 Å². The Kier molecular flexibility index (Phi) is 5.17. The van der Waals surface area contributed by atoms with Crippen LogP contribution in [0.25, 0.3) is 0 Å². The van der Waals surface area contributed by atoms with Crippen molar-refractivity contribution >= 4 is 12.3 Å². The molecule has 0 aromatic rings. The molecule has 0 saturated heterocycles. The zero-order valence-corrected chi connectivity index (χ0v) is 14.9. The maximum atomic E-state index is 11.2. The number of carboxylic acids is 1. The van der Waals surface area contributed by atoms with E-state index in [0.29, 0.717) is 30.1 Å². The maximum absolute atomic E-state index is 11.2. The summed E-state index contributed by atoms with van der Waals surface area (Å²) in [5.74, 6) is 0.181. The minimum atomic E-state index is -1.03. The van der Waals surface area contributed by atoms with Crippen molar-refractivity contribution < 1.29 is 14.7 Å². The first kappa shape index (κ1) is 18.0. The van der Waals surface area contributed by atoms with Crippen molar-refractivity contribution in [2.75, 3.05) is 0 Å². The molecule has 0 amide bonds. The van der Waals surface area contributed by atoms with Crippen LogP contribution in [0.15, 0.2) is 23.3 Å². The number of hydrogen-bond acceptors (Lipinski definition) is 2. The predicted molar refractivity (Wildman–Crippen MR) is 92.1 cm³/mol. The molecule has 0 aromatic carbocycles. The van der Waals surface area contributed by atoms with Gasteiger partial charge in [-0.15, -0.1) is 0 Å². The topological polar surface area (TPSA) is 54.4 Å². The Hall–Kier alpha value is -1.38. The van der Waals surface area contributed by atoms with Crippen LogP contribution >= 0.6 is 0 Å². The third-order valence-corrected chi connectivity index (χ3v) is 7.01. The average molecular weight is 318 g/mol. The van der Waals surface area contributed by atoms with Gasteiger partial charge in [0.15, 0.2) is 0 Å². The monoisotopic (exact) mass is 318 g/mol. The predicted octanol–water partition coefficient (Wildman–Crippen LogP) is 4.78. The molecule has 0 aliphatic heterocycles. The fourth-order valence-corrected chi connectivity index (χ4v) is 5.07. The van der Waals surface area contributed by atoms with Gasteiger partial charge in [0.25, 0.3) is 0 Å². The third kappa shape index (κ3) is 3.29. The van der Waals surface area contributed by atoms with Crippen LogP contribution in [0.2, 0.25) is 0 Å². The molecular weight excluding hydrogens is 288 g/mol. The molecular formula is C20H30O3. The van der Waals surface area contributed by atoms with Gasteiger partial charge in [-0.05, 0) is 73.7 Å². The van der Waals surface area contributed by atoms with Crippen LogP contribution in [0, 0.1) is 22.7 Å². The van der Waals surface area contributed by atoms with Crippen molar-refractivity contribution in [3.63, 3.8) is 0 Å². The molecule has 0 bridgehead atoms. The van der Waals surface area contributed by atoms with E-state index in [0.717, 1.165) is 18.9 Å².